The van der Waals surface area contributed by atoms with Crippen LogP contribution in [0.15, 0.2) is 69.5 Å². The van der Waals surface area contributed by atoms with E-state index in [0.717, 1.165) is 10.9 Å². The van der Waals surface area contributed by atoms with Crippen LogP contribution in [0.2, 0.25) is 0 Å². The fourth-order valence-electron chi connectivity index (χ4n) is 3.79. The number of thiophene rings is 1. The Morgan fingerprint density at radius 2 is 1.87 bits per heavy atom. The van der Waals surface area contributed by atoms with Crippen molar-refractivity contribution in [3.63, 3.8) is 0 Å². The van der Waals surface area contributed by atoms with Gasteiger partial charge in [-0.05, 0) is 48.6 Å². The molecular formula is C22H23FN2O4S2. The highest BCUT2D eigenvalue weighted by atomic mass is 32.2. The van der Waals surface area contributed by atoms with Gasteiger partial charge in [-0.25, -0.2) is 12.8 Å². The molecule has 31 heavy (non-hydrogen) atoms. The maximum Gasteiger partial charge on any atom is 0.245 e. The maximum atomic E-state index is 14.0. The van der Waals surface area contributed by atoms with Gasteiger partial charge in [0.25, 0.3) is 0 Å². The molecule has 2 aromatic heterocycles. The van der Waals surface area contributed by atoms with Crippen molar-refractivity contribution in [2.75, 3.05) is 13.1 Å². The molecule has 0 atom stereocenters. The maximum absolute atomic E-state index is 14.0. The molecule has 1 amide bonds. The second-order valence-corrected chi connectivity index (χ2v) is 10.4. The molecule has 1 aliphatic heterocycles. The summed E-state index contributed by atoms with van der Waals surface area (Å²) in [5.74, 6) is -0.375. The number of furan rings is 1. The zero-order chi connectivity index (χ0) is 21.8. The highest BCUT2D eigenvalue weighted by Crippen LogP contribution is 2.27. The molecular weight excluding hydrogens is 439 g/mol. The van der Waals surface area contributed by atoms with Crippen molar-refractivity contribution in [2.24, 2.45) is 5.92 Å². The minimum Gasteiger partial charge on any atom is -0.467 e. The second kappa shape index (κ2) is 9.33. The summed E-state index contributed by atoms with van der Waals surface area (Å²) in [6.45, 7) is 1.20. The first-order chi connectivity index (χ1) is 14.9. The predicted molar refractivity (Wildman–Crippen MR) is 115 cm³/mol. The monoisotopic (exact) mass is 462 g/mol. The molecule has 3 heterocycles. The van der Waals surface area contributed by atoms with Gasteiger partial charge in [-0.3, -0.25) is 4.79 Å². The van der Waals surface area contributed by atoms with Crippen molar-refractivity contribution in [3.05, 3.63) is 76.6 Å². The lowest BCUT2D eigenvalue weighted by Gasteiger charge is -2.33. The van der Waals surface area contributed by atoms with Gasteiger partial charge < -0.3 is 9.32 Å². The Morgan fingerprint density at radius 1 is 1.10 bits per heavy atom. The van der Waals surface area contributed by atoms with Gasteiger partial charge in [0, 0.05) is 23.9 Å². The number of halogens is 1. The van der Waals surface area contributed by atoms with Crippen LogP contribution in [-0.2, 0) is 27.9 Å². The molecule has 0 N–H and O–H groups in total. The molecule has 0 bridgehead atoms. The van der Waals surface area contributed by atoms with E-state index in [1.54, 1.807) is 28.6 Å². The van der Waals surface area contributed by atoms with Crippen LogP contribution in [0.25, 0.3) is 0 Å². The third-order valence-electron chi connectivity index (χ3n) is 5.42. The largest absolute Gasteiger partial charge is 0.467 e. The third-order valence-corrected chi connectivity index (χ3v) is 8.22. The molecule has 1 saturated heterocycles. The third kappa shape index (κ3) is 4.89. The van der Waals surface area contributed by atoms with Gasteiger partial charge in [-0.15, -0.1) is 11.3 Å². The average molecular weight is 463 g/mol. The van der Waals surface area contributed by atoms with Crippen molar-refractivity contribution in [1.82, 2.24) is 9.21 Å². The van der Waals surface area contributed by atoms with E-state index in [0.29, 0.717) is 31.7 Å². The molecule has 0 unspecified atom stereocenters. The van der Waals surface area contributed by atoms with Crippen molar-refractivity contribution >= 4 is 27.3 Å². The Bertz CT molecular complexity index is 1070. The van der Waals surface area contributed by atoms with E-state index in [4.69, 9.17) is 4.42 Å². The van der Waals surface area contributed by atoms with Crippen LogP contribution >= 0.6 is 11.3 Å². The molecule has 1 aromatic carbocycles. The number of sulfonamides is 1. The van der Waals surface area contributed by atoms with Crippen LogP contribution in [0.4, 0.5) is 4.39 Å². The SMILES string of the molecule is O=C(C1CCN(S(=O)(=O)c2ccccc2F)CC1)N(Cc1ccco1)Cc1cccs1. The molecule has 0 aliphatic carbocycles. The van der Waals surface area contributed by atoms with Gasteiger partial charge in [0.15, 0.2) is 0 Å². The molecule has 1 aliphatic rings. The highest BCUT2D eigenvalue weighted by Gasteiger charge is 2.35. The van der Waals surface area contributed by atoms with E-state index >= 15 is 0 Å². The topological polar surface area (TPSA) is 70.8 Å². The van der Waals surface area contributed by atoms with Crippen LogP contribution < -0.4 is 0 Å². The van der Waals surface area contributed by atoms with Gasteiger partial charge in [-0.1, -0.05) is 18.2 Å². The Kier molecular flexibility index (Phi) is 6.54. The molecule has 0 spiro atoms. The van der Waals surface area contributed by atoms with Crippen LogP contribution in [0, 0.1) is 11.7 Å². The van der Waals surface area contributed by atoms with E-state index in [1.165, 1.54) is 22.5 Å². The summed E-state index contributed by atoms with van der Waals surface area (Å²) in [6, 6.07) is 12.9. The number of carbonyl (C=O) groups excluding carboxylic acids is 1. The first-order valence-electron chi connectivity index (χ1n) is 10.0. The average Bonchev–Trinajstić information content (AvgIpc) is 3.47. The standard InChI is InChI=1S/C22H23FN2O4S2/c23-20-7-1-2-8-21(20)31(27,28)25-11-9-17(10-12-25)22(26)24(15-18-5-3-13-29-18)16-19-6-4-14-30-19/h1-8,13-14,17H,9-12,15-16H2. The zero-order valence-electron chi connectivity index (χ0n) is 16.8. The summed E-state index contributed by atoms with van der Waals surface area (Å²) in [4.78, 5) is 15.8. The molecule has 9 heteroatoms. The van der Waals surface area contributed by atoms with Crippen LogP contribution in [0.5, 0.6) is 0 Å². The normalized spacial score (nSPS) is 15.8. The first kappa shape index (κ1) is 21.7. The number of hydrogen-bond acceptors (Lipinski definition) is 5. The molecule has 4 rings (SSSR count). The lowest BCUT2D eigenvalue weighted by Crippen LogP contribution is -2.44. The Hall–Kier alpha value is -2.49. The van der Waals surface area contributed by atoms with Crippen molar-refractivity contribution in [2.45, 2.75) is 30.8 Å². The van der Waals surface area contributed by atoms with Gasteiger partial charge in [-0.2, -0.15) is 4.31 Å². The zero-order valence-corrected chi connectivity index (χ0v) is 18.4. The molecule has 0 saturated carbocycles. The second-order valence-electron chi connectivity index (χ2n) is 7.46. The minimum absolute atomic E-state index is 0.0206. The van der Waals surface area contributed by atoms with E-state index in [2.05, 4.69) is 0 Å². The first-order valence-corrected chi connectivity index (χ1v) is 12.4. The summed E-state index contributed by atoms with van der Waals surface area (Å²) in [6.07, 6.45) is 2.37. The number of piperidine rings is 1. The fourth-order valence-corrected chi connectivity index (χ4v) is 6.04. The summed E-state index contributed by atoms with van der Waals surface area (Å²) in [7, 11) is -3.92. The van der Waals surface area contributed by atoms with E-state index in [9.17, 15) is 17.6 Å². The number of hydrogen-bond donors (Lipinski definition) is 0. The van der Waals surface area contributed by atoms with Crippen LogP contribution in [-0.4, -0.2) is 36.6 Å². The van der Waals surface area contributed by atoms with Crippen LogP contribution in [0.1, 0.15) is 23.5 Å². The van der Waals surface area contributed by atoms with Crippen molar-refractivity contribution in [1.29, 1.82) is 0 Å². The highest BCUT2D eigenvalue weighted by molar-refractivity contribution is 7.89. The van der Waals surface area contributed by atoms with E-state index < -0.39 is 15.8 Å². The van der Waals surface area contributed by atoms with Gasteiger partial charge in [0.05, 0.1) is 19.4 Å². The number of benzene rings is 1. The molecule has 6 nitrogen and oxygen atoms in total. The van der Waals surface area contributed by atoms with E-state index in [-0.39, 0.29) is 29.8 Å². The molecule has 0 radical (unpaired) electrons. The molecule has 3 aromatic rings. The Balaban J connectivity index is 1.44. The summed E-state index contributed by atoms with van der Waals surface area (Å²) in [5, 5.41) is 1.97. The molecule has 1 fully saturated rings. The van der Waals surface area contributed by atoms with Crippen LogP contribution in [0.3, 0.4) is 0 Å². The molecule has 164 valence electrons. The van der Waals surface area contributed by atoms with Gasteiger partial charge >= 0.3 is 0 Å². The lowest BCUT2D eigenvalue weighted by molar-refractivity contribution is -0.138. The van der Waals surface area contributed by atoms with Crippen molar-refractivity contribution < 1.29 is 22.0 Å². The number of nitrogens with zero attached hydrogens (tertiary/aromatic N) is 2. The lowest BCUT2D eigenvalue weighted by atomic mass is 9.96. The summed E-state index contributed by atoms with van der Waals surface area (Å²) in [5.41, 5.74) is 0. The number of amides is 1. The Labute approximate surface area is 185 Å². The Morgan fingerprint density at radius 3 is 2.52 bits per heavy atom. The number of carbonyl (C=O) groups is 1. The number of rotatable bonds is 7. The smallest absolute Gasteiger partial charge is 0.245 e. The quantitative estimate of drug-likeness (QED) is 0.530. The van der Waals surface area contributed by atoms with Gasteiger partial charge in [0.1, 0.15) is 16.5 Å². The summed E-state index contributed by atoms with van der Waals surface area (Å²) >= 11 is 1.58. The summed E-state index contributed by atoms with van der Waals surface area (Å²) < 4.78 is 46.4. The van der Waals surface area contributed by atoms with E-state index in [1.807, 2.05) is 23.6 Å². The predicted octanol–water partition coefficient (Wildman–Crippen LogP) is 4.11. The minimum atomic E-state index is -3.92. The van der Waals surface area contributed by atoms with Gasteiger partial charge in [0.2, 0.25) is 15.9 Å². The van der Waals surface area contributed by atoms with Crippen molar-refractivity contribution in [3.8, 4) is 0 Å². The fraction of sp³-hybridized carbons (Fsp3) is 0.318.